The van der Waals surface area contributed by atoms with E-state index in [9.17, 15) is 13.2 Å². The van der Waals surface area contributed by atoms with Crippen molar-refractivity contribution in [1.29, 1.82) is 0 Å². The first-order chi connectivity index (χ1) is 10.3. The summed E-state index contributed by atoms with van der Waals surface area (Å²) in [6.45, 7) is 7.74. The number of sulfonamides is 1. The summed E-state index contributed by atoms with van der Waals surface area (Å²) in [5.74, 6) is -0.0604. The fourth-order valence-electron chi connectivity index (χ4n) is 2.46. The Kier molecular flexibility index (Phi) is 7.01. The maximum Gasteiger partial charge on any atom is 0.254 e. The maximum absolute atomic E-state index is 12.5. The second-order valence-corrected chi connectivity index (χ2v) is 7.57. The Morgan fingerprint density at radius 3 is 2.43 bits per heavy atom. The van der Waals surface area contributed by atoms with Gasteiger partial charge in [0, 0.05) is 37.3 Å². The third-order valence-corrected chi connectivity index (χ3v) is 5.24. The number of amides is 1. The van der Waals surface area contributed by atoms with Crippen LogP contribution < -0.4 is 10.0 Å². The van der Waals surface area contributed by atoms with E-state index in [4.69, 9.17) is 0 Å². The molecule has 0 spiro atoms. The van der Waals surface area contributed by atoms with Crippen molar-refractivity contribution in [2.24, 2.45) is 0 Å². The van der Waals surface area contributed by atoms with Crippen LogP contribution in [0.25, 0.3) is 0 Å². The summed E-state index contributed by atoms with van der Waals surface area (Å²) >= 11 is 0. The van der Waals surface area contributed by atoms with E-state index in [0.29, 0.717) is 12.1 Å². The Bertz CT molecular complexity index is 632. The smallest absolute Gasteiger partial charge is 0.254 e. The van der Waals surface area contributed by atoms with Crippen molar-refractivity contribution < 1.29 is 13.2 Å². The van der Waals surface area contributed by atoms with Gasteiger partial charge in [0.1, 0.15) is 0 Å². The topological polar surface area (TPSA) is 78.5 Å². The van der Waals surface area contributed by atoms with Crippen LogP contribution >= 0.6 is 12.4 Å². The summed E-state index contributed by atoms with van der Waals surface area (Å²) in [6.07, 6.45) is 0. The number of carbonyl (C=O) groups is 1. The zero-order valence-corrected chi connectivity index (χ0v) is 15.2. The maximum atomic E-state index is 12.5. The Hall–Kier alpha value is -1.15. The van der Waals surface area contributed by atoms with Gasteiger partial charge in [-0.05, 0) is 45.0 Å². The SMILES string of the molecule is CC(C)NS(=O)(=O)c1ccc(C(=O)N2CCNCC2C)cc1.Cl. The molecule has 1 aliphatic rings. The minimum Gasteiger partial charge on any atom is -0.333 e. The molecule has 130 valence electrons. The molecular formula is C15H24ClN3O3S. The summed E-state index contributed by atoms with van der Waals surface area (Å²) in [7, 11) is -3.52. The highest BCUT2D eigenvalue weighted by molar-refractivity contribution is 7.89. The lowest BCUT2D eigenvalue weighted by atomic mass is 10.1. The van der Waals surface area contributed by atoms with Gasteiger partial charge in [-0.25, -0.2) is 13.1 Å². The van der Waals surface area contributed by atoms with Gasteiger partial charge in [-0.1, -0.05) is 0 Å². The van der Waals surface area contributed by atoms with Crippen LogP contribution in [0.4, 0.5) is 0 Å². The first-order valence-corrected chi connectivity index (χ1v) is 8.93. The monoisotopic (exact) mass is 361 g/mol. The van der Waals surface area contributed by atoms with Gasteiger partial charge < -0.3 is 10.2 Å². The Morgan fingerprint density at radius 1 is 1.30 bits per heavy atom. The first kappa shape index (κ1) is 19.9. The molecule has 1 fully saturated rings. The van der Waals surface area contributed by atoms with Crippen LogP contribution in [-0.4, -0.2) is 50.9 Å². The molecule has 1 heterocycles. The third kappa shape index (κ3) is 4.91. The molecule has 1 atom stereocenters. The number of rotatable bonds is 4. The fraction of sp³-hybridized carbons (Fsp3) is 0.533. The summed E-state index contributed by atoms with van der Waals surface area (Å²) in [6, 6.07) is 6.06. The molecule has 8 heteroatoms. The molecule has 2 N–H and O–H groups in total. The van der Waals surface area contributed by atoms with E-state index in [0.717, 1.165) is 13.1 Å². The molecule has 0 radical (unpaired) electrons. The molecule has 1 unspecified atom stereocenters. The lowest BCUT2D eigenvalue weighted by molar-refractivity contribution is 0.0655. The van der Waals surface area contributed by atoms with Gasteiger partial charge >= 0.3 is 0 Å². The molecular weight excluding hydrogens is 338 g/mol. The van der Waals surface area contributed by atoms with E-state index in [1.165, 1.54) is 12.1 Å². The van der Waals surface area contributed by atoms with Crippen molar-refractivity contribution in [3.63, 3.8) is 0 Å². The highest BCUT2D eigenvalue weighted by Gasteiger charge is 2.24. The van der Waals surface area contributed by atoms with Crippen LogP contribution in [0.5, 0.6) is 0 Å². The van der Waals surface area contributed by atoms with Crippen molar-refractivity contribution >= 4 is 28.3 Å². The van der Waals surface area contributed by atoms with E-state index in [1.807, 2.05) is 11.8 Å². The lowest BCUT2D eigenvalue weighted by Gasteiger charge is -2.34. The molecule has 6 nitrogen and oxygen atoms in total. The van der Waals surface area contributed by atoms with Crippen LogP contribution in [0.3, 0.4) is 0 Å². The average molecular weight is 362 g/mol. The predicted molar refractivity (Wildman–Crippen MR) is 92.5 cm³/mol. The van der Waals surface area contributed by atoms with E-state index < -0.39 is 10.0 Å². The van der Waals surface area contributed by atoms with Gasteiger partial charge in [0.25, 0.3) is 5.91 Å². The van der Waals surface area contributed by atoms with Crippen LogP contribution in [0, 0.1) is 0 Å². The highest BCUT2D eigenvalue weighted by Crippen LogP contribution is 2.14. The van der Waals surface area contributed by atoms with Crippen LogP contribution in [0.15, 0.2) is 29.2 Å². The van der Waals surface area contributed by atoms with Crippen molar-refractivity contribution in [3.05, 3.63) is 29.8 Å². The number of benzene rings is 1. The Labute approximate surface area is 144 Å². The number of piperazine rings is 1. The zero-order chi connectivity index (χ0) is 16.3. The minimum atomic E-state index is -3.52. The van der Waals surface area contributed by atoms with E-state index in [-0.39, 0.29) is 35.3 Å². The van der Waals surface area contributed by atoms with Crippen molar-refractivity contribution in [2.45, 2.75) is 37.8 Å². The summed E-state index contributed by atoms with van der Waals surface area (Å²) < 4.78 is 26.6. The fourth-order valence-corrected chi connectivity index (χ4v) is 3.71. The molecule has 0 aromatic heterocycles. The van der Waals surface area contributed by atoms with E-state index in [2.05, 4.69) is 10.0 Å². The Morgan fingerprint density at radius 2 is 1.91 bits per heavy atom. The molecule has 1 aliphatic heterocycles. The quantitative estimate of drug-likeness (QED) is 0.845. The summed E-state index contributed by atoms with van der Waals surface area (Å²) in [5.41, 5.74) is 0.511. The largest absolute Gasteiger partial charge is 0.333 e. The number of nitrogens with zero attached hydrogens (tertiary/aromatic N) is 1. The molecule has 2 rings (SSSR count). The third-order valence-electron chi connectivity index (χ3n) is 3.56. The second-order valence-electron chi connectivity index (χ2n) is 5.85. The summed E-state index contributed by atoms with van der Waals surface area (Å²) in [5, 5.41) is 3.24. The van der Waals surface area contributed by atoms with Gasteiger partial charge in [0.2, 0.25) is 10.0 Å². The molecule has 0 bridgehead atoms. The predicted octanol–water partition coefficient (Wildman–Crippen LogP) is 1.23. The number of halogens is 1. The molecule has 23 heavy (non-hydrogen) atoms. The van der Waals surface area contributed by atoms with E-state index in [1.54, 1.807) is 26.0 Å². The van der Waals surface area contributed by atoms with Crippen molar-refractivity contribution in [1.82, 2.24) is 14.9 Å². The lowest BCUT2D eigenvalue weighted by Crippen LogP contribution is -2.52. The standard InChI is InChI=1S/C15H23N3O3S.ClH/c1-11(2)17-22(20,21)14-6-4-13(5-7-14)15(19)18-9-8-16-10-12(18)3;/h4-7,11-12,16-17H,8-10H2,1-3H3;1H. The number of hydrogen-bond acceptors (Lipinski definition) is 4. The van der Waals surface area contributed by atoms with Gasteiger partial charge in [0.05, 0.1) is 4.90 Å². The number of hydrogen-bond donors (Lipinski definition) is 2. The van der Waals surface area contributed by atoms with Gasteiger partial charge in [0.15, 0.2) is 0 Å². The molecule has 1 saturated heterocycles. The molecule has 1 amide bonds. The minimum absolute atomic E-state index is 0. The first-order valence-electron chi connectivity index (χ1n) is 7.45. The molecule has 1 aromatic carbocycles. The van der Waals surface area contributed by atoms with Crippen LogP contribution in [-0.2, 0) is 10.0 Å². The van der Waals surface area contributed by atoms with Crippen LogP contribution in [0.2, 0.25) is 0 Å². The average Bonchev–Trinajstić information content (AvgIpc) is 2.46. The molecule has 0 aliphatic carbocycles. The second kappa shape index (κ2) is 8.10. The van der Waals surface area contributed by atoms with E-state index >= 15 is 0 Å². The Balaban J connectivity index is 0.00000264. The molecule has 0 saturated carbocycles. The van der Waals surface area contributed by atoms with Gasteiger partial charge in [-0.2, -0.15) is 0 Å². The summed E-state index contributed by atoms with van der Waals surface area (Å²) in [4.78, 5) is 14.5. The van der Waals surface area contributed by atoms with Crippen LogP contribution in [0.1, 0.15) is 31.1 Å². The zero-order valence-electron chi connectivity index (χ0n) is 13.6. The highest BCUT2D eigenvalue weighted by atomic mass is 35.5. The normalized spacial score (nSPS) is 18.6. The van der Waals surface area contributed by atoms with Crippen molar-refractivity contribution in [2.75, 3.05) is 19.6 Å². The van der Waals surface area contributed by atoms with Gasteiger partial charge in [-0.15, -0.1) is 12.4 Å². The van der Waals surface area contributed by atoms with Crippen molar-refractivity contribution in [3.8, 4) is 0 Å². The molecule has 1 aromatic rings. The van der Waals surface area contributed by atoms with Gasteiger partial charge in [-0.3, -0.25) is 4.79 Å². The number of nitrogens with one attached hydrogen (secondary N) is 2. The number of carbonyl (C=O) groups excluding carboxylic acids is 1.